The van der Waals surface area contributed by atoms with Crippen LogP contribution in [0.1, 0.15) is 25.6 Å². The normalized spacial score (nSPS) is 12.8. The Hall–Kier alpha value is -0.650. The second kappa shape index (κ2) is 5.61. The molecule has 0 aliphatic heterocycles. The second-order valence-electron chi connectivity index (χ2n) is 4.61. The van der Waals surface area contributed by atoms with Crippen LogP contribution in [0.3, 0.4) is 0 Å². The minimum atomic E-state index is -0.526. The molecule has 1 amide bonds. The SMILES string of the molecule is Cc1cnc(NC(=O)[C@@H](N)C(C)(C)C)s1.Cl. The molecule has 0 unspecified atom stereocenters. The van der Waals surface area contributed by atoms with Gasteiger partial charge in [0.05, 0.1) is 6.04 Å². The van der Waals surface area contributed by atoms with Crippen molar-refractivity contribution in [2.24, 2.45) is 11.1 Å². The molecule has 1 aromatic rings. The third-order valence-corrected chi connectivity index (χ3v) is 2.90. The Morgan fingerprint density at radius 1 is 1.56 bits per heavy atom. The van der Waals surface area contributed by atoms with Gasteiger partial charge in [-0.1, -0.05) is 20.8 Å². The van der Waals surface area contributed by atoms with E-state index in [0.717, 1.165) is 4.88 Å². The summed E-state index contributed by atoms with van der Waals surface area (Å²) >= 11 is 1.45. The van der Waals surface area contributed by atoms with Gasteiger partial charge in [0.2, 0.25) is 5.91 Å². The standard InChI is InChI=1S/C10H17N3OS.ClH/c1-6-5-12-9(15-6)13-8(14)7(11)10(2,3)4;/h5,7H,11H2,1-4H3,(H,12,13,14);1H/t7-;/m1./s1. The minimum Gasteiger partial charge on any atom is -0.319 e. The number of nitrogens with two attached hydrogens (primary N) is 1. The lowest BCUT2D eigenvalue weighted by Gasteiger charge is -2.25. The van der Waals surface area contributed by atoms with Crippen molar-refractivity contribution in [3.8, 4) is 0 Å². The number of aryl methyl sites for hydroxylation is 1. The molecule has 0 radical (unpaired) electrons. The van der Waals surface area contributed by atoms with E-state index in [1.165, 1.54) is 11.3 Å². The number of rotatable bonds is 2. The zero-order valence-corrected chi connectivity index (χ0v) is 11.5. The maximum absolute atomic E-state index is 11.7. The van der Waals surface area contributed by atoms with E-state index in [1.54, 1.807) is 6.20 Å². The van der Waals surface area contributed by atoms with Crippen molar-refractivity contribution in [1.29, 1.82) is 0 Å². The third kappa shape index (κ3) is 4.08. The smallest absolute Gasteiger partial charge is 0.243 e. The van der Waals surface area contributed by atoms with Crippen LogP contribution < -0.4 is 11.1 Å². The lowest BCUT2D eigenvalue weighted by Crippen LogP contribution is -2.45. The zero-order valence-electron chi connectivity index (χ0n) is 9.90. The monoisotopic (exact) mass is 263 g/mol. The number of hydrogen-bond donors (Lipinski definition) is 2. The van der Waals surface area contributed by atoms with Gasteiger partial charge in [-0.2, -0.15) is 0 Å². The molecule has 16 heavy (non-hydrogen) atoms. The van der Waals surface area contributed by atoms with Gasteiger partial charge in [-0.15, -0.1) is 23.7 Å². The fourth-order valence-electron chi connectivity index (χ4n) is 0.989. The third-order valence-electron chi connectivity index (χ3n) is 2.07. The molecule has 0 bridgehead atoms. The van der Waals surface area contributed by atoms with E-state index < -0.39 is 6.04 Å². The topological polar surface area (TPSA) is 68.0 Å². The van der Waals surface area contributed by atoms with Gasteiger partial charge in [0, 0.05) is 11.1 Å². The van der Waals surface area contributed by atoms with Gasteiger partial charge in [0.25, 0.3) is 0 Å². The lowest BCUT2D eigenvalue weighted by atomic mass is 9.87. The summed E-state index contributed by atoms with van der Waals surface area (Å²) in [6.07, 6.45) is 1.73. The van der Waals surface area contributed by atoms with Crippen LogP contribution in [0.15, 0.2) is 6.20 Å². The predicted molar refractivity (Wildman–Crippen MR) is 70.2 cm³/mol. The van der Waals surface area contributed by atoms with Crippen LogP contribution in [0.25, 0.3) is 0 Å². The van der Waals surface area contributed by atoms with E-state index in [9.17, 15) is 4.79 Å². The van der Waals surface area contributed by atoms with E-state index in [-0.39, 0.29) is 23.7 Å². The first kappa shape index (κ1) is 15.3. The Labute approximate surface area is 106 Å². The van der Waals surface area contributed by atoms with E-state index in [4.69, 9.17) is 5.73 Å². The average Bonchev–Trinajstić information content (AvgIpc) is 2.48. The van der Waals surface area contributed by atoms with Gasteiger partial charge in [0.1, 0.15) is 0 Å². The van der Waals surface area contributed by atoms with E-state index in [1.807, 2.05) is 27.7 Å². The fourth-order valence-corrected chi connectivity index (χ4v) is 1.66. The van der Waals surface area contributed by atoms with Gasteiger partial charge in [-0.3, -0.25) is 4.79 Å². The molecule has 1 aromatic heterocycles. The first-order chi connectivity index (χ1) is 6.80. The van der Waals surface area contributed by atoms with Crippen LogP contribution in [-0.4, -0.2) is 16.9 Å². The summed E-state index contributed by atoms with van der Waals surface area (Å²) < 4.78 is 0. The van der Waals surface area contributed by atoms with E-state index >= 15 is 0 Å². The van der Waals surface area contributed by atoms with E-state index in [0.29, 0.717) is 5.13 Å². The molecule has 92 valence electrons. The molecule has 6 heteroatoms. The number of anilines is 1. The van der Waals surface area contributed by atoms with Gasteiger partial charge < -0.3 is 11.1 Å². The number of amides is 1. The van der Waals surface area contributed by atoms with Crippen molar-refractivity contribution in [2.45, 2.75) is 33.7 Å². The number of nitrogens with one attached hydrogen (secondary N) is 1. The Morgan fingerprint density at radius 2 is 2.12 bits per heavy atom. The molecule has 0 saturated carbocycles. The predicted octanol–water partition coefficient (Wildman–Crippen LogP) is 2.19. The molecule has 1 atom stereocenters. The van der Waals surface area contributed by atoms with Crippen molar-refractivity contribution in [1.82, 2.24) is 4.98 Å². The molecule has 0 aliphatic rings. The highest BCUT2D eigenvalue weighted by atomic mass is 35.5. The first-order valence-corrected chi connectivity index (χ1v) is 5.61. The number of aromatic nitrogens is 1. The number of carbonyl (C=O) groups is 1. The van der Waals surface area contributed by atoms with Gasteiger partial charge in [-0.05, 0) is 12.3 Å². The summed E-state index contributed by atoms with van der Waals surface area (Å²) in [5.74, 6) is -0.183. The molecule has 0 aromatic carbocycles. The molecule has 0 aliphatic carbocycles. The van der Waals surface area contributed by atoms with Gasteiger partial charge >= 0.3 is 0 Å². The van der Waals surface area contributed by atoms with Crippen molar-refractivity contribution in [2.75, 3.05) is 5.32 Å². The summed E-state index contributed by atoms with van der Waals surface area (Å²) in [6.45, 7) is 7.75. The molecular formula is C10H18ClN3OS. The van der Waals surface area contributed by atoms with Crippen LogP contribution >= 0.6 is 23.7 Å². The number of halogens is 1. The molecule has 4 nitrogen and oxygen atoms in total. The molecule has 0 spiro atoms. The van der Waals surface area contributed by atoms with Gasteiger partial charge in [0.15, 0.2) is 5.13 Å². The number of carbonyl (C=O) groups excluding carboxylic acids is 1. The fraction of sp³-hybridized carbons (Fsp3) is 0.600. The summed E-state index contributed by atoms with van der Waals surface area (Å²) in [4.78, 5) is 16.8. The van der Waals surface area contributed by atoms with Crippen molar-refractivity contribution in [3.63, 3.8) is 0 Å². The molecule has 3 N–H and O–H groups in total. The molecule has 1 heterocycles. The van der Waals surface area contributed by atoms with Crippen LogP contribution in [0, 0.1) is 12.3 Å². The van der Waals surface area contributed by atoms with E-state index in [2.05, 4.69) is 10.3 Å². The largest absolute Gasteiger partial charge is 0.319 e. The molecule has 0 fully saturated rings. The van der Waals surface area contributed by atoms with Crippen molar-refractivity contribution >= 4 is 34.8 Å². The van der Waals surface area contributed by atoms with Crippen molar-refractivity contribution < 1.29 is 4.79 Å². The Kier molecular flexibility index (Phi) is 5.38. The summed E-state index contributed by atoms with van der Waals surface area (Å²) in [7, 11) is 0. The minimum absolute atomic E-state index is 0. The highest BCUT2D eigenvalue weighted by Crippen LogP contribution is 2.21. The number of nitrogens with zero attached hydrogens (tertiary/aromatic N) is 1. The highest BCUT2D eigenvalue weighted by molar-refractivity contribution is 7.15. The Bertz CT molecular complexity index is 359. The molecular weight excluding hydrogens is 246 g/mol. The number of hydrogen-bond acceptors (Lipinski definition) is 4. The Balaban J connectivity index is 0.00000225. The summed E-state index contributed by atoms with van der Waals surface area (Å²) in [5.41, 5.74) is 5.57. The highest BCUT2D eigenvalue weighted by Gasteiger charge is 2.27. The van der Waals surface area contributed by atoms with Crippen LogP contribution in [0.2, 0.25) is 0 Å². The van der Waals surface area contributed by atoms with Crippen LogP contribution in [0.4, 0.5) is 5.13 Å². The molecule has 0 saturated heterocycles. The Morgan fingerprint density at radius 3 is 2.50 bits per heavy atom. The van der Waals surface area contributed by atoms with Crippen LogP contribution in [-0.2, 0) is 4.79 Å². The lowest BCUT2D eigenvalue weighted by molar-refractivity contribution is -0.119. The quantitative estimate of drug-likeness (QED) is 0.859. The maximum atomic E-state index is 11.7. The summed E-state index contributed by atoms with van der Waals surface area (Å²) in [5, 5.41) is 3.32. The first-order valence-electron chi connectivity index (χ1n) is 4.79. The second-order valence-corrected chi connectivity index (χ2v) is 5.84. The van der Waals surface area contributed by atoms with Crippen molar-refractivity contribution in [3.05, 3.63) is 11.1 Å². The number of thiazole rings is 1. The summed E-state index contributed by atoms with van der Waals surface area (Å²) in [6, 6.07) is -0.526. The van der Waals surface area contributed by atoms with Gasteiger partial charge in [-0.25, -0.2) is 4.98 Å². The maximum Gasteiger partial charge on any atom is 0.243 e. The zero-order chi connectivity index (χ0) is 11.6. The molecule has 1 rings (SSSR count). The van der Waals surface area contributed by atoms with Crippen LogP contribution in [0.5, 0.6) is 0 Å². The average molecular weight is 264 g/mol.